The normalized spacial score (nSPS) is 30.4. The number of ether oxygens (including phenoxy) is 6. The molecule has 2 heterocycles. The molecule has 0 amide bonds. The minimum atomic E-state index is -1.72. The number of carbonyl (C=O) groups is 4. The fraction of sp³-hybridized carbons (Fsp3) is 0.778. The van der Waals surface area contributed by atoms with Crippen LogP contribution in [0.1, 0.15) is 67.7 Å². The minimum absolute atomic E-state index is 0.0458. The van der Waals surface area contributed by atoms with Gasteiger partial charge in [-0.3, -0.25) is 14.4 Å². The van der Waals surface area contributed by atoms with Crippen LogP contribution in [0.2, 0.25) is 0 Å². The lowest BCUT2D eigenvalue weighted by molar-refractivity contribution is -0.218. The number of fused-ring (bicyclic) bond motifs is 2. The Balaban J connectivity index is 1.87. The fourth-order valence-corrected chi connectivity index (χ4v) is 5.03. The summed E-state index contributed by atoms with van der Waals surface area (Å²) in [5, 5.41) is 11.9. The molecule has 1 saturated heterocycles. The van der Waals surface area contributed by atoms with Gasteiger partial charge in [-0.2, -0.15) is 0 Å². The maximum absolute atomic E-state index is 13.2. The maximum Gasteiger partial charge on any atom is 0.350 e. The highest BCUT2D eigenvalue weighted by molar-refractivity contribution is 5.80. The van der Waals surface area contributed by atoms with Gasteiger partial charge in [0.05, 0.1) is 12.9 Å². The summed E-state index contributed by atoms with van der Waals surface area (Å²) in [6.07, 6.45) is -1.93. The average molecular weight is 541 g/mol. The third-order valence-electron chi connectivity index (χ3n) is 6.92. The van der Waals surface area contributed by atoms with E-state index >= 15 is 0 Å². The molecular weight excluding hydrogens is 500 g/mol. The third-order valence-corrected chi connectivity index (χ3v) is 6.92. The minimum Gasteiger partial charge on any atom is -0.462 e. The first-order valence-corrected chi connectivity index (χ1v) is 13.1. The number of carbonyl (C=O) groups excluding carboxylic acids is 4. The van der Waals surface area contributed by atoms with Gasteiger partial charge in [0.15, 0.2) is 0 Å². The third kappa shape index (κ3) is 6.48. The highest BCUT2D eigenvalue weighted by Crippen LogP contribution is 2.60. The van der Waals surface area contributed by atoms with E-state index in [-0.39, 0.29) is 49.9 Å². The van der Waals surface area contributed by atoms with Crippen LogP contribution in [-0.2, 0) is 47.6 Å². The Hall–Kier alpha value is -2.66. The van der Waals surface area contributed by atoms with E-state index in [9.17, 15) is 24.3 Å². The number of hydrogen-bond acceptors (Lipinski definition) is 11. The standard InChI is InChI=1S/C27H40O11/c1-14(2)8-20(29)36-19-10-26(32)18(11-33-17(7)28)12-34-25(23(26)27(19)13-35-27)38-24(31)22(16(5)6)37-21(30)9-15(3)4/h12,14-16,19,22-23,25,32H,8-11,13H2,1-7H3. The summed E-state index contributed by atoms with van der Waals surface area (Å²) in [6, 6.07) is 0. The number of hydrogen-bond donors (Lipinski definition) is 1. The lowest BCUT2D eigenvalue weighted by Crippen LogP contribution is -2.54. The molecule has 0 aromatic carbocycles. The van der Waals surface area contributed by atoms with E-state index in [1.165, 1.54) is 13.2 Å². The van der Waals surface area contributed by atoms with Gasteiger partial charge < -0.3 is 33.5 Å². The molecule has 1 N–H and O–H groups in total. The van der Waals surface area contributed by atoms with Crippen LogP contribution in [0.15, 0.2) is 11.8 Å². The number of esters is 4. The number of epoxide rings is 1. The monoisotopic (exact) mass is 540 g/mol. The Kier molecular flexibility index (Phi) is 9.13. The SMILES string of the molecule is CC(=O)OCC1=COC(OC(=O)C(OC(=O)CC(C)C)C(C)C)C2C1(O)CC(OC(=O)CC(C)C)C21CO1. The van der Waals surface area contributed by atoms with Crippen molar-refractivity contribution >= 4 is 23.9 Å². The largest absolute Gasteiger partial charge is 0.462 e. The van der Waals surface area contributed by atoms with Crippen molar-refractivity contribution in [2.75, 3.05) is 13.2 Å². The molecule has 214 valence electrons. The Morgan fingerprint density at radius 3 is 2.16 bits per heavy atom. The topological polar surface area (TPSA) is 147 Å². The Labute approximate surface area is 223 Å². The van der Waals surface area contributed by atoms with Crippen LogP contribution in [0.25, 0.3) is 0 Å². The second-order valence-electron chi connectivity index (χ2n) is 11.5. The van der Waals surface area contributed by atoms with Crippen molar-refractivity contribution in [1.82, 2.24) is 0 Å². The molecule has 3 aliphatic rings. The molecule has 0 bridgehead atoms. The van der Waals surface area contributed by atoms with Gasteiger partial charge in [0.25, 0.3) is 6.29 Å². The van der Waals surface area contributed by atoms with Crippen molar-refractivity contribution in [2.24, 2.45) is 23.7 Å². The molecule has 2 aliphatic heterocycles. The zero-order chi connectivity index (χ0) is 28.4. The van der Waals surface area contributed by atoms with Crippen LogP contribution in [-0.4, -0.2) is 71.9 Å². The van der Waals surface area contributed by atoms with Crippen LogP contribution in [0, 0.1) is 23.7 Å². The highest BCUT2D eigenvalue weighted by atomic mass is 16.7. The molecule has 2 fully saturated rings. The first kappa shape index (κ1) is 29.9. The van der Waals surface area contributed by atoms with E-state index < -0.39 is 65.4 Å². The van der Waals surface area contributed by atoms with Gasteiger partial charge in [0.2, 0.25) is 6.10 Å². The lowest BCUT2D eigenvalue weighted by Gasteiger charge is -2.40. The number of rotatable bonds is 11. The van der Waals surface area contributed by atoms with Crippen molar-refractivity contribution < 1.29 is 52.7 Å². The molecule has 11 heteroatoms. The summed E-state index contributed by atoms with van der Waals surface area (Å²) < 4.78 is 33.5. The van der Waals surface area contributed by atoms with Gasteiger partial charge >= 0.3 is 23.9 Å². The second-order valence-corrected chi connectivity index (χ2v) is 11.5. The second kappa shape index (κ2) is 11.6. The van der Waals surface area contributed by atoms with E-state index in [1.807, 2.05) is 27.7 Å². The molecule has 0 aromatic heterocycles. The highest BCUT2D eigenvalue weighted by Gasteiger charge is 2.76. The molecule has 1 aliphatic carbocycles. The van der Waals surface area contributed by atoms with Crippen LogP contribution in [0.4, 0.5) is 0 Å². The predicted octanol–water partition coefficient (Wildman–Crippen LogP) is 2.42. The van der Waals surface area contributed by atoms with Crippen LogP contribution < -0.4 is 0 Å². The van der Waals surface area contributed by atoms with Gasteiger partial charge in [-0.1, -0.05) is 41.5 Å². The van der Waals surface area contributed by atoms with Crippen molar-refractivity contribution in [2.45, 2.75) is 97.4 Å². The van der Waals surface area contributed by atoms with E-state index in [1.54, 1.807) is 13.8 Å². The molecule has 0 radical (unpaired) electrons. The zero-order valence-electron chi connectivity index (χ0n) is 23.2. The van der Waals surface area contributed by atoms with Crippen LogP contribution in [0.5, 0.6) is 0 Å². The quantitative estimate of drug-likeness (QED) is 0.234. The maximum atomic E-state index is 13.2. The van der Waals surface area contributed by atoms with E-state index in [0.29, 0.717) is 0 Å². The van der Waals surface area contributed by atoms with Crippen molar-refractivity contribution in [3.63, 3.8) is 0 Å². The van der Waals surface area contributed by atoms with Crippen molar-refractivity contribution in [3.8, 4) is 0 Å². The molecule has 11 nitrogen and oxygen atoms in total. The van der Waals surface area contributed by atoms with E-state index in [0.717, 1.165) is 0 Å². The van der Waals surface area contributed by atoms with Gasteiger partial charge in [-0.05, 0) is 11.8 Å². The molecule has 38 heavy (non-hydrogen) atoms. The van der Waals surface area contributed by atoms with E-state index in [4.69, 9.17) is 28.4 Å². The smallest absolute Gasteiger partial charge is 0.350 e. The Bertz CT molecular complexity index is 949. The molecule has 3 rings (SSSR count). The molecule has 6 atom stereocenters. The van der Waals surface area contributed by atoms with Gasteiger partial charge in [0.1, 0.15) is 29.8 Å². The lowest BCUT2D eigenvalue weighted by atomic mass is 9.79. The molecule has 1 spiro atoms. The predicted molar refractivity (Wildman–Crippen MR) is 131 cm³/mol. The summed E-state index contributed by atoms with van der Waals surface area (Å²) in [5.74, 6) is -3.65. The Morgan fingerprint density at radius 1 is 1.03 bits per heavy atom. The zero-order valence-corrected chi connectivity index (χ0v) is 23.2. The summed E-state index contributed by atoms with van der Waals surface area (Å²) in [6.45, 7) is 12.0. The van der Waals surface area contributed by atoms with Gasteiger partial charge in [-0.15, -0.1) is 0 Å². The van der Waals surface area contributed by atoms with Crippen LogP contribution in [0.3, 0.4) is 0 Å². The van der Waals surface area contributed by atoms with Crippen molar-refractivity contribution in [1.29, 1.82) is 0 Å². The van der Waals surface area contributed by atoms with Gasteiger partial charge in [0, 0.05) is 37.7 Å². The summed E-state index contributed by atoms with van der Waals surface area (Å²) >= 11 is 0. The van der Waals surface area contributed by atoms with Crippen LogP contribution >= 0.6 is 0 Å². The molecular formula is C27H40O11. The summed E-state index contributed by atoms with van der Waals surface area (Å²) in [4.78, 5) is 49.5. The molecule has 6 unspecified atom stereocenters. The molecule has 0 aromatic rings. The van der Waals surface area contributed by atoms with Gasteiger partial charge in [-0.25, -0.2) is 4.79 Å². The first-order valence-electron chi connectivity index (χ1n) is 13.1. The number of aliphatic hydroxyl groups is 1. The summed E-state index contributed by atoms with van der Waals surface area (Å²) in [5.41, 5.74) is -2.66. The summed E-state index contributed by atoms with van der Waals surface area (Å²) in [7, 11) is 0. The average Bonchev–Trinajstić information content (AvgIpc) is 3.51. The Morgan fingerprint density at radius 2 is 1.63 bits per heavy atom. The molecule has 1 saturated carbocycles. The van der Waals surface area contributed by atoms with E-state index in [2.05, 4.69) is 0 Å². The fourth-order valence-electron chi connectivity index (χ4n) is 5.03. The first-order chi connectivity index (χ1) is 17.7. The van der Waals surface area contributed by atoms with Crippen molar-refractivity contribution in [3.05, 3.63) is 11.8 Å².